The van der Waals surface area contributed by atoms with Gasteiger partial charge in [-0.1, -0.05) is 12.1 Å². The van der Waals surface area contributed by atoms with Crippen LogP contribution in [0.4, 0.5) is 10.2 Å². The van der Waals surface area contributed by atoms with Crippen molar-refractivity contribution in [1.82, 2.24) is 10.2 Å². The van der Waals surface area contributed by atoms with Crippen molar-refractivity contribution in [3.05, 3.63) is 41.7 Å². The van der Waals surface area contributed by atoms with Gasteiger partial charge in [-0.05, 0) is 37.6 Å². The molecule has 2 N–H and O–H groups in total. The fourth-order valence-corrected chi connectivity index (χ4v) is 1.69. The molecule has 5 heteroatoms. The number of benzene rings is 1. The molecule has 4 nitrogen and oxygen atoms in total. The Bertz CT molecular complexity index is 572. The number of hydrogen-bond acceptors (Lipinski definition) is 4. The number of aromatic nitrogens is 2. The smallest absolute Gasteiger partial charge is 0.151 e. The number of aliphatic hydroxyl groups excluding tert-OH is 1. The standard InChI is InChI=1S/C14H16FN3O/c1-9-6-13(11-4-3-5-12(15)7-11)17-18-14(9)16-8-10(2)19/h3-7,10,19H,8H2,1-2H3,(H,16,18)/t10-/m0/s1. The minimum absolute atomic E-state index is 0.298. The van der Waals surface area contributed by atoms with Gasteiger partial charge in [0.05, 0.1) is 11.8 Å². The van der Waals surface area contributed by atoms with Gasteiger partial charge in [-0.2, -0.15) is 0 Å². The van der Waals surface area contributed by atoms with Crippen LogP contribution in [0, 0.1) is 12.7 Å². The number of aliphatic hydroxyl groups is 1. The number of aryl methyl sites for hydroxylation is 1. The van der Waals surface area contributed by atoms with Crippen molar-refractivity contribution in [2.75, 3.05) is 11.9 Å². The Morgan fingerprint density at radius 3 is 2.74 bits per heavy atom. The van der Waals surface area contributed by atoms with E-state index in [9.17, 15) is 9.50 Å². The summed E-state index contributed by atoms with van der Waals surface area (Å²) in [5.41, 5.74) is 2.21. The first-order valence-electron chi connectivity index (χ1n) is 6.08. The molecule has 1 atom stereocenters. The number of halogens is 1. The van der Waals surface area contributed by atoms with E-state index in [4.69, 9.17) is 0 Å². The van der Waals surface area contributed by atoms with Crippen molar-refractivity contribution in [1.29, 1.82) is 0 Å². The number of nitrogens with one attached hydrogen (secondary N) is 1. The minimum atomic E-state index is -0.455. The van der Waals surface area contributed by atoms with E-state index in [1.807, 2.05) is 13.0 Å². The fourth-order valence-electron chi connectivity index (χ4n) is 1.69. The van der Waals surface area contributed by atoms with Crippen LogP contribution in [-0.2, 0) is 0 Å². The maximum Gasteiger partial charge on any atom is 0.151 e. The van der Waals surface area contributed by atoms with E-state index in [-0.39, 0.29) is 5.82 Å². The molecule has 100 valence electrons. The highest BCUT2D eigenvalue weighted by Gasteiger charge is 2.06. The molecule has 1 aromatic heterocycles. The molecule has 0 unspecified atom stereocenters. The molecule has 0 saturated heterocycles. The first-order valence-corrected chi connectivity index (χ1v) is 6.08. The summed E-state index contributed by atoms with van der Waals surface area (Å²) in [6, 6.07) is 8.08. The Labute approximate surface area is 111 Å². The molecular weight excluding hydrogens is 245 g/mol. The Kier molecular flexibility index (Phi) is 4.06. The Balaban J connectivity index is 2.23. The number of rotatable bonds is 4. The van der Waals surface area contributed by atoms with Crippen LogP contribution < -0.4 is 5.32 Å². The molecule has 19 heavy (non-hydrogen) atoms. The van der Waals surface area contributed by atoms with Gasteiger partial charge in [0.25, 0.3) is 0 Å². The molecule has 1 aromatic carbocycles. The zero-order chi connectivity index (χ0) is 13.8. The maximum atomic E-state index is 13.2. The summed E-state index contributed by atoms with van der Waals surface area (Å²) in [5, 5.41) is 20.3. The minimum Gasteiger partial charge on any atom is -0.392 e. The second-order valence-electron chi connectivity index (χ2n) is 4.50. The zero-order valence-corrected chi connectivity index (χ0v) is 10.9. The molecule has 2 rings (SSSR count). The third-order valence-corrected chi connectivity index (χ3v) is 2.67. The van der Waals surface area contributed by atoms with Crippen LogP contribution in [0.25, 0.3) is 11.3 Å². The quantitative estimate of drug-likeness (QED) is 0.887. The van der Waals surface area contributed by atoms with Crippen molar-refractivity contribution in [2.24, 2.45) is 0 Å². The van der Waals surface area contributed by atoms with Gasteiger partial charge in [-0.3, -0.25) is 0 Å². The van der Waals surface area contributed by atoms with Crippen LogP contribution in [0.3, 0.4) is 0 Å². The Morgan fingerprint density at radius 2 is 2.11 bits per heavy atom. The van der Waals surface area contributed by atoms with Gasteiger partial charge < -0.3 is 10.4 Å². The summed E-state index contributed by atoms with van der Waals surface area (Å²) in [5.74, 6) is 0.328. The summed E-state index contributed by atoms with van der Waals surface area (Å²) < 4.78 is 13.2. The normalized spacial score (nSPS) is 12.2. The van der Waals surface area contributed by atoms with Crippen LogP contribution in [0.5, 0.6) is 0 Å². The van der Waals surface area contributed by atoms with E-state index in [0.29, 0.717) is 23.6 Å². The molecule has 0 bridgehead atoms. The molecule has 0 spiro atoms. The van der Waals surface area contributed by atoms with Gasteiger partial charge in [0.15, 0.2) is 5.82 Å². The summed E-state index contributed by atoms with van der Waals surface area (Å²) in [7, 11) is 0. The molecule has 0 amide bonds. The number of hydrogen-bond donors (Lipinski definition) is 2. The Hall–Kier alpha value is -2.01. The SMILES string of the molecule is Cc1cc(-c2cccc(F)c2)nnc1NC[C@H](C)O. The van der Waals surface area contributed by atoms with Crippen molar-refractivity contribution in [3.63, 3.8) is 0 Å². The predicted octanol–water partition coefficient (Wildman–Crippen LogP) is 2.38. The molecular formula is C14H16FN3O. The number of anilines is 1. The van der Waals surface area contributed by atoms with Gasteiger partial charge in [0.2, 0.25) is 0 Å². The largest absolute Gasteiger partial charge is 0.392 e. The highest BCUT2D eigenvalue weighted by Crippen LogP contribution is 2.20. The van der Waals surface area contributed by atoms with Gasteiger partial charge in [-0.15, -0.1) is 10.2 Å². The molecule has 0 saturated carbocycles. The van der Waals surface area contributed by atoms with E-state index < -0.39 is 6.10 Å². The molecule has 0 aliphatic carbocycles. The van der Waals surface area contributed by atoms with Crippen LogP contribution in [0.15, 0.2) is 30.3 Å². The molecule has 1 heterocycles. The second kappa shape index (κ2) is 5.75. The summed E-state index contributed by atoms with van der Waals surface area (Å²) in [6.07, 6.45) is -0.455. The van der Waals surface area contributed by atoms with E-state index in [1.165, 1.54) is 12.1 Å². The molecule has 0 radical (unpaired) electrons. The highest BCUT2D eigenvalue weighted by atomic mass is 19.1. The van der Waals surface area contributed by atoms with E-state index >= 15 is 0 Å². The third-order valence-electron chi connectivity index (χ3n) is 2.67. The predicted molar refractivity (Wildman–Crippen MR) is 72.3 cm³/mol. The van der Waals surface area contributed by atoms with Gasteiger partial charge >= 0.3 is 0 Å². The number of nitrogens with zero attached hydrogens (tertiary/aromatic N) is 2. The van der Waals surface area contributed by atoms with Crippen LogP contribution in [-0.4, -0.2) is 28.0 Å². The van der Waals surface area contributed by atoms with Crippen molar-refractivity contribution < 1.29 is 9.50 Å². The van der Waals surface area contributed by atoms with Gasteiger partial charge in [-0.25, -0.2) is 4.39 Å². The van der Waals surface area contributed by atoms with E-state index in [1.54, 1.807) is 19.1 Å². The monoisotopic (exact) mass is 261 g/mol. The molecule has 0 aliphatic rings. The van der Waals surface area contributed by atoms with E-state index in [0.717, 1.165) is 5.56 Å². The highest BCUT2D eigenvalue weighted by molar-refractivity contribution is 5.61. The zero-order valence-electron chi connectivity index (χ0n) is 10.9. The van der Waals surface area contributed by atoms with Crippen molar-refractivity contribution >= 4 is 5.82 Å². The fraction of sp³-hybridized carbons (Fsp3) is 0.286. The topological polar surface area (TPSA) is 58.0 Å². The lowest BCUT2D eigenvalue weighted by Gasteiger charge is -2.10. The first kappa shape index (κ1) is 13.4. The first-order chi connectivity index (χ1) is 9.06. The second-order valence-corrected chi connectivity index (χ2v) is 4.50. The van der Waals surface area contributed by atoms with Crippen molar-refractivity contribution in [2.45, 2.75) is 20.0 Å². The van der Waals surface area contributed by atoms with E-state index in [2.05, 4.69) is 15.5 Å². The van der Waals surface area contributed by atoms with Gasteiger partial charge in [0.1, 0.15) is 5.82 Å². The van der Waals surface area contributed by atoms with Crippen LogP contribution >= 0.6 is 0 Å². The molecule has 0 fully saturated rings. The lowest BCUT2D eigenvalue weighted by molar-refractivity contribution is 0.208. The summed E-state index contributed by atoms with van der Waals surface area (Å²) >= 11 is 0. The van der Waals surface area contributed by atoms with Crippen LogP contribution in [0.2, 0.25) is 0 Å². The van der Waals surface area contributed by atoms with Crippen LogP contribution in [0.1, 0.15) is 12.5 Å². The third kappa shape index (κ3) is 3.48. The van der Waals surface area contributed by atoms with Gasteiger partial charge in [0, 0.05) is 12.1 Å². The maximum absolute atomic E-state index is 13.2. The molecule has 2 aromatic rings. The summed E-state index contributed by atoms with van der Waals surface area (Å²) in [6.45, 7) is 3.99. The lowest BCUT2D eigenvalue weighted by atomic mass is 10.1. The lowest BCUT2D eigenvalue weighted by Crippen LogP contribution is -2.17. The average molecular weight is 261 g/mol. The molecule has 0 aliphatic heterocycles. The van der Waals surface area contributed by atoms with Crippen molar-refractivity contribution in [3.8, 4) is 11.3 Å². The Morgan fingerprint density at radius 1 is 1.32 bits per heavy atom. The average Bonchev–Trinajstić information content (AvgIpc) is 2.37. The summed E-state index contributed by atoms with van der Waals surface area (Å²) in [4.78, 5) is 0.